The Morgan fingerprint density at radius 1 is 1.35 bits per heavy atom. The average molecular weight is 341 g/mol. The van der Waals surface area contributed by atoms with Crippen LogP contribution < -0.4 is 10.1 Å². The molecule has 1 aromatic carbocycles. The molecule has 0 radical (unpaired) electrons. The molecule has 8 heteroatoms. The van der Waals surface area contributed by atoms with Gasteiger partial charge >= 0.3 is 5.97 Å². The van der Waals surface area contributed by atoms with Gasteiger partial charge in [0.1, 0.15) is 5.75 Å². The highest BCUT2D eigenvalue weighted by atomic mass is 32.2. The normalized spacial score (nSPS) is 19.1. The van der Waals surface area contributed by atoms with E-state index >= 15 is 0 Å². The highest BCUT2D eigenvalue weighted by molar-refractivity contribution is 7.91. The number of rotatable bonds is 5. The number of ether oxygens (including phenoxy) is 2. The van der Waals surface area contributed by atoms with E-state index in [-0.39, 0.29) is 24.2 Å². The maximum absolute atomic E-state index is 11.8. The van der Waals surface area contributed by atoms with Gasteiger partial charge in [0.05, 0.1) is 24.2 Å². The molecule has 7 nitrogen and oxygen atoms in total. The first-order valence-corrected chi connectivity index (χ1v) is 8.94. The minimum Gasteiger partial charge on any atom is -0.483 e. The zero-order chi connectivity index (χ0) is 17.0. The third kappa shape index (κ3) is 4.69. The van der Waals surface area contributed by atoms with Crippen LogP contribution in [-0.2, 0) is 19.4 Å². The molecule has 1 aromatic rings. The van der Waals surface area contributed by atoms with E-state index in [1.54, 1.807) is 19.1 Å². The number of hydrogen-bond acceptors (Lipinski definition) is 6. The van der Waals surface area contributed by atoms with Crippen molar-refractivity contribution in [2.75, 3.05) is 25.2 Å². The first-order valence-electron chi connectivity index (χ1n) is 7.12. The maximum atomic E-state index is 11.8. The monoisotopic (exact) mass is 341 g/mol. The second-order valence-electron chi connectivity index (χ2n) is 5.43. The summed E-state index contributed by atoms with van der Waals surface area (Å²) in [5.74, 6) is -0.415. The number of carbonyl (C=O) groups is 2. The molecule has 126 valence electrons. The average Bonchev–Trinajstić information content (AvgIpc) is 2.84. The van der Waals surface area contributed by atoms with Gasteiger partial charge in [-0.25, -0.2) is 13.2 Å². The lowest BCUT2D eigenvalue weighted by atomic mass is 10.1. The molecule has 1 N–H and O–H groups in total. The molecule has 0 aromatic heterocycles. The summed E-state index contributed by atoms with van der Waals surface area (Å²) in [4.78, 5) is 23.3. The summed E-state index contributed by atoms with van der Waals surface area (Å²) in [7, 11) is -1.76. The van der Waals surface area contributed by atoms with Crippen molar-refractivity contribution in [1.82, 2.24) is 5.32 Å². The van der Waals surface area contributed by atoms with Crippen molar-refractivity contribution in [3.05, 3.63) is 29.3 Å². The zero-order valence-electron chi connectivity index (χ0n) is 13.0. The summed E-state index contributed by atoms with van der Waals surface area (Å²) in [5.41, 5.74) is 1.10. The Kier molecular flexibility index (Phi) is 5.25. The van der Waals surface area contributed by atoms with Gasteiger partial charge < -0.3 is 14.8 Å². The number of aryl methyl sites for hydroxylation is 1. The van der Waals surface area contributed by atoms with Crippen LogP contribution in [0.1, 0.15) is 22.3 Å². The molecule has 1 aliphatic rings. The van der Waals surface area contributed by atoms with Gasteiger partial charge in [-0.1, -0.05) is 6.07 Å². The van der Waals surface area contributed by atoms with Gasteiger partial charge in [0.25, 0.3) is 5.91 Å². The van der Waals surface area contributed by atoms with E-state index in [2.05, 4.69) is 10.1 Å². The largest absolute Gasteiger partial charge is 0.483 e. The quantitative estimate of drug-likeness (QED) is 0.782. The molecule has 1 fully saturated rings. The van der Waals surface area contributed by atoms with Crippen LogP contribution in [0.5, 0.6) is 5.75 Å². The van der Waals surface area contributed by atoms with Crippen LogP contribution >= 0.6 is 0 Å². The van der Waals surface area contributed by atoms with E-state index in [0.29, 0.717) is 17.7 Å². The summed E-state index contributed by atoms with van der Waals surface area (Å²) in [6.07, 6.45) is 0.422. The van der Waals surface area contributed by atoms with Crippen LogP contribution in [0.25, 0.3) is 0 Å². The third-order valence-electron chi connectivity index (χ3n) is 3.57. The number of nitrogens with one attached hydrogen (secondary N) is 1. The van der Waals surface area contributed by atoms with Crippen LogP contribution in [-0.4, -0.2) is 51.6 Å². The first kappa shape index (κ1) is 17.3. The Morgan fingerprint density at radius 3 is 2.70 bits per heavy atom. The standard InChI is InChI=1S/C15H19NO6S/c1-10-3-4-11(15(18)21-2)7-13(10)22-8-14(17)16-12-5-6-23(19,20)9-12/h3-4,7,12H,5-6,8-9H2,1-2H3,(H,16,17). The lowest BCUT2D eigenvalue weighted by Gasteiger charge is -2.13. The second-order valence-corrected chi connectivity index (χ2v) is 7.66. The van der Waals surface area contributed by atoms with Crippen LogP contribution in [0.4, 0.5) is 0 Å². The number of benzene rings is 1. The van der Waals surface area contributed by atoms with E-state index in [1.807, 2.05) is 0 Å². The summed E-state index contributed by atoms with van der Waals surface area (Å²) < 4.78 is 32.8. The van der Waals surface area contributed by atoms with E-state index < -0.39 is 21.7 Å². The molecule has 1 atom stereocenters. The fourth-order valence-corrected chi connectivity index (χ4v) is 4.00. The van der Waals surface area contributed by atoms with Crippen LogP contribution in [0.15, 0.2) is 18.2 Å². The van der Waals surface area contributed by atoms with Crippen molar-refractivity contribution in [1.29, 1.82) is 0 Å². The van der Waals surface area contributed by atoms with Gasteiger partial charge in [0.2, 0.25) is 0 Å². The molecule has 0 saturated carbocycles. The Hall–Kier alpha value is -2.09. The molecule has 1 heterocycles. The molecule has 23 heavy (non-hydrogen) atoms. The fraction of sp³-hybridized carbons (Fsp3) is 0.467. The summed E-state index contributed by atoms with van der Waals surface area (Å²) in [6.45, 7) is 1.54. The van der Waals surface area contributed by atoms with Crippen LogP contribution in [0.2, 0.25) is 0 Å². The Balaban J connectivity index is 1.92. The van der Waals surface area contributed by atoms with Crippen molar-refractivity contribution in [2.45, 2.75) is 19.4 Å². The number of methoxy groups -OCH3 is 1. The topological polar surface area (TPSA) is 98.8 Å². The molecular weight excluding hydrogens is 322 g/mol. The van der Waals surface area contributed by atoms with Gasteiger partial charge in [-0.05, 0) is 31.0 Å². The fourth-order valence-electron chi connectivity index (χ4n) is 2.32. The van der Waals surface area contributed by atoms with Gasteiger partial charge in [-0.2, -0.15) is 0 Å². The number of amides is 1. The summed E-state index contributed by atoms with van der Waals surface area (Å²) in [5, 5.41) is 2.64. The van der Waals surface area contributed by atoms with E-state index in [1.165, 1.54) is 13.2 Å². The Bertz CT molecular complexity index is 713. The molecule has 1 saturated heterocycles. The number of carbonyl (C=O) groups excluding carboxylic acids is 2. The molecule has 0 bridgehead atoms. The Morgan fingerprint density at radius 2 is 2.09 bits per heavy atom. The maximum Gasteiger partial charge on any atom is 0.337 e. The highest BCUT2D eigenvalue weighted by Gasteiger charge is 2.28. The van der Waals surface area contributed by atoms with Gasteiger partial charge in [-0.15, -0.1) is 0 Å². The lowest BCUT2D eigenvalue weighted by molar-refractivity contribution is -0.123. The van der Waals surface area contributed by atoms with E-state index in [4.69, 9.17) is 4.74 Å². The van der Waals surface area contributed by atoms with Crippen LogP contribution in [0.3, 0.4) is 0 Å². The molecule has 1 aliphatic heterocycles. The van der Waals surface area contributed by atoms with Crippen LogP contribution in [0, 0.1) is 6.92 Å². The minimum absolute atomic E-state index is 0.0321. The summed E-state index contributed by atoms with van der Waals surface area (Å²) in [6, 6.07) is 4.45. The molecule has 0 spiro atoms. The zero-order valence-corrected chi connectivity index (χ0v) is 13.8. The smallest absolute Gasteiger partial charge is 0.337 e. The number of hydrogen-bond donors (Lipinski definition) is 1. The lowest BCUT2D eigenvalue weighted by Crippen LogP contribution is -2.38. The minimum atomic E-state index is -3.04. The SMILES string of the molecule is COC(=O)c1ccc(C)c(OCC(=O)NC2CCS(=O)(=O)C2)c1. The first-order chi connectivity index (χ1) is 10.8. The van der Waals surface area contributed by atoms with Crippen molar-refractivity contribution in [3.63, 3.8) is 0 Å². The van der Waals surface area contributed by atoms with Gasteiger partial charge in [0, 0.05) is 6.04 Å². The predicted molar refractivity (Wildman–Crippen MR) is 83.2 cm³/mol. The second kappa shape index (κ2) is 6.99. The molecule has 2 rings (SSSR count). The van der Waals surface area contributed by atoms with E-state index in [0.717, 1.165) is 5.56 Å². The third-order valence-corrected chi connectivity index (χ3v) is 5.33. The van der Waals surface area contributed by atoms with Crippen molar-refractivity contribution >= 4 is 21.7 Å². The molecule has 0 aliphatic carbocycles. The summed E-state index contributed by atoms with van der Waals surface area (Å²) >= 11 is 0. The van der Waals surface area contributed by atoms with Crippen molar-refractivity contribution in [3.8, 4) is 5.75 Å². The van der Waals surface area contributed by atoms with Gasteiger partial charge in [-0.3, -0.25) is 4.79 Å². The highest BCUT2D eigenvalue weighted by Crippen LogP contribution is 2.20. The number of sulfone groups is 1. The van der Waals surface area contributed by atoms with Gasteiger partial charge in [0.15, 0.2) is 16.4 Å². The predicted octanol–water partition coefficient (Wildman–Crippen LogP) is 0.464. The molecular formula is C15H19NO6S. The van der Waals surface area contributed by atoms with Crippen molar-refractivity contribution in [2.24, 2.45) is 0 Å². The molecule has 1 amide bonds. The number of esters is 1. The Labute approximate surface area is 134 Å². The van der Waals surface area contributed by atoms with E-state index in [9.17, 15) is 18.0 Å². The van der Waals surface area contributed by atoms with Crippen molar-refractivity contribution < 1.29 is 27.5 Å². The molecule has 1 unspecified atom stereocenters.